The lowest BCUT2D eigenvalue weighted by Crippen LogP contribution is -2.27. The van der Waals surface area contributed by atoms with Gasteiger partial charge in [0, 0.05) is 16.8 Å². The molecule has 0 spiro atoms. The van der Waals surface area contributed by atoms with Crippen LogP contribution in [0.2, 0.25) is 0 Å². The van der Waals surface area contributed by atoms with E-state index in [4.69, 9.17) is 0 Å². The quantitative estimate of drug-likeness (QED) is 0.862. The molecule has 0 unspecified atom stereocenters. The first-order valence-corrected chi connectivity index (χ1v) is 9.48. The molecular formula is C19H24N2O3S. The summed E-state index contributed by atoms with van der Waals surface area (Å²) in [6, 6.07) is 11.7. The summed E-state index contributed by atoms with van der Waals surface area (Å²) in [6.45, 7) is 9.27. The van der Waals surface area contributed by atoms with Gasteiger partial charge in [-0.25, -0.2) is 8.42 Å². The molecule has 0 bridgehead atoms. The minimum absolute atomic E-state index is 0.128. The summed E-state index contributed by atoms with van der Waals surface area (Å²) in [5, 5.41) is 2.77. The fourth-order valence-corrected chi connectivity index (χ4v) is 3.32. The van der Waals surface area contributed by atoms with Crippen LogP contribution in [-0.2, 0) is 14.8 Å². The van der Waals surface area contributed by atoms with Gasteiger partial charge in [-0.2, -0.15) is 0 Å². The first kappa shape index (κ1) is 19.0. The van der Waals surface area contributed by atoms with Crippen molar-refractivity contribution in [1.29, 1.82) is 0 Å². The summed E-state index contributed by atoms with van der Waals surface area (Å²) in [5.74, 6) is -0.128. The van der Waals surface area contributed by atoms with Gasteiger partial charge in [-0.05, 0) is 61.4 Å². The van der Waals surface area contributed by atoms with Crippen molar-refractivity contribution in [2.75, 3.05) is 10.0 Å². The molecule has 2 rings (SSSR count). The molecule has 0 heterocycles. The first-order chi connectivity index (χ1) is 11.5. The Bertz CT molecular complexity index is 860. The fraction of sp³-hybridized carbons (Fsp3) is 0.316. The number of aryl methyl sites for hydroxylation is 2. The average Bonchev–Trinajstić information content (AvgIpc) is 2.45. The van der Waals surface area contributed by atoms with Crippen LogP contribution < -0.4 is 10.0 Å². The number of hydrogen-bond donors (Lipinski definition) is 2. The molecular weight excluding hydrogens is 336 g/mol. The van der Waals surface area contributed by atoms with Gasteiger partial charge in [0.2, 0.25) is 5.91 Å². The summed E-state index contributed by atoms with van der Waals surface area (Å²) >= 11 is 0. The third kappa shape index (κ3) is 5.06. The molecule has 2 N–H and O–H groups in total. The van der Waals surface area contributed by atoms with Crippen LogP contribution in [-0.4, -0.2) is 14.3 Å². The minimum atomic E-state index is -3.68. The van der Waals surface area contributed by atoms with Crippen molar-refractivity contribution in [2.24, 2.45) is 5.41 Å². The molecule has 0 saturated carbocycles. The molecule has 134 valence electrons. The molecule has 0 aliphatic carbocycles. The van der Waals surface area contributed by atoms with E-state index in [1.165, 1.54) is 12.1 Å². The third-order valence-electron chi connectivity index (χ3n) is 3.58. The lowest BCUT2D eigenvalue weighted by molar-refractivity contribution is -0.123. The highest BCUT2D eigenvalue weighted by atomic mass is 32.2. The molecule has 6 heteroatoms. The van der Waals surface area contributed by atoms with Crippen molar-refractivity contribution in [3.63, 3.8) is 0 Å². The smallest absolute Gasteiger partial charge is 0.261 e. The van der Waals surface area contributed by atoms with E-state index >= 15 is 0 Å². The predicted octanol–water partition coefficient (Wildman–Crippen LogP) is 4.09. The van der Waals surface area contributed by atoms with Gasteiger partial charge >= 0.3 is 0 Å². The maximum Gasteiger partial charge on any atom is 0.261 e. The molecule has 25 heavy (non-hydrogen) atoms. The summed E-state index contributed by atoms with van der Waals surface area (Å²) in [4.78, 5) is 12.1. The zero-order valence-corrected chi connectivity index (χ0v) is 16.0. The van der Waals surface area contributed by atoms with E-state index in [2.05, 4.69) is 10.0 Å². The largest absolute Gasteiger partial charge is 0.326 e. The Hall–Kier alpha value is -2.34. The van der Waals surface area contributed by atoms with Crippen LogP contribution in [0, 0.1) is 19.3 Å². The Balaban J connectivity index is 2.19. The van der Waals surface area contributed by atoms with Crippen LogP contribution in [0.15, 0.2) is 47.4 Å². The fourth-order valence-electron chi connectivity index (χ4n) is 2.28. The van der Waals surface area contributed by atoms with Crippen LogP contribution in [0.1, 0.15) is 31.9 Å². The van der Waals surface area contributed by atoms with Gasteiger partial charge in [0.15, 0.2) is 0 Å². The summed E-state index contributed by atoms with van der Waals surface area (Å²) in [5.41, 5.74) is 2.54. The maximum absolute atomic E-state index is 12.5. The predicted molar refractivity (Wildman–Crippen MR) is 101 cm³/mol. The van der Waals surface area contributed by atoms with Crippen molar-refractivity contribution in [1.82, 2.24) is 0 Å². The monoisotopic (exact) mass is 360 g/mol. The molecule has 0 aromatic heterocycles. The SMILES string of the molecule is Cc1cc(C)cc(NS(=O)(=O)c2ccc(NC(=O)C(C)(C)C)cc2)c1. The third-order valence-corrected chi connectivity index (χ3v) is 4.97. The van der Waals surface area contributed by atoms with Gasteiger partial charge in [0.05, 0.1) is 4.90 Å². The molecule has 1 amide bonds. The van der Waals surface area contributed by atoms with Gasteiger partial charge in [-0.15, -0.1) is 0 Å². The van der Waals surface area contributed by atoms with Crippen molar-refractivity contribution in [2.45, 2.75) is 39.5 Å². The van der Waals surface area contributed by atoms with Crippen molar-refractivity contribution >= 4 is 27.3 Å². The topological polar surface area (TPSA) is 75.3 Å². The van der Waals surface area contributed by atoms with Gasteiger partial charge < -0.3 is 5.32 Å². The zero-order chi connectivity index (χ0) is 18.8. The van der Waals surface area contributed by atoms with Crippen molar-refractivity contribution < 1.29 is 13.2 Å². The van der Waals surface area contributed by atoms with Gasteiger partial charge in [0.25, 0.3) is 10.0 Å². The number of sulfonamides is 1. The highest BCUT2D eigenvalue weighted by Crippen LogP contribution is 2.22. The number of anilines is 2. The number of rotatable bonds is 4. The second kappa shape index (κ2) is 6.88. The Labute approximate surface area is 149 Å². The van der Waals surface area contributed by atoms with E-state index in [0.717, 1.165) is 11.1 Å². The number of hydrogen-bond acceptors (Lipinski definition) is 3. The molecule has 2 aromatic carbocycles. The van der Waals surface area contributed by atoms with Crippen LogP contribution in [0.5, 0.6) is 0 Å². The van der Waals surface area contributed by atoms with Crippen LogP contribution in [0.3, 0.4) is 0 Å². The number of carbonyl (C=O) groups excluding carboxylic acids is 1. The van der Waals surface area contributed by atoms with Crippen LogP contribution >= 0.6 is 0 Å². The van der Waals surface area contributed by atoms with E-state index in [1.54, 1.807) is 24.3 Å². The van der Waals surface area contributed by atoms with Crippen molar-refractivity contribution in [3.8, 4) is 0 Å². The highest BCUT2D eigenvalue weighted by molar-refractivity contribution is 7.92. The Morgan fingerprint density at radius 2 is 1.40 bits per heavy atom. The highest BCUT2D eigenvalue weighted by Gasteiger charge is 2.21. The molecule has 0 atom stereocenters. The lowest BCUT2D eigenvalue weighted by atomic mass is 9.95. The average molecular weight is 360 g/mol. The lowest BCUT2D eigenvalue weighted by Gasteiger charge is -2.17. The van der Waals surface area contributed by atoms with E-state index in [1.807, 2.05) is 40.7 Å². The van der Waals surface area contributed by atoms with Gasteiger partial charge in [0.1, 0.15) is 0 Å². The summed E-state index contributed by atoms with van der Waals surface area (Å²) in [6.07, 6.45) is 0. The second-order valence-corrected chi connectivity index (χ2v) is 8.89. The number of carbonyl (C=O) groups is 1. The van der Waals surface area contributed by atoms with E-state index in [9.17, 15) is 13.2 Å². The Morgan fingerprint density at radius 1 is 0.880 bits per heavy atom. The van der Waals surface area contributed by atoms with Crippen molar-refractivity contribution in [3.05, 3.63) is 53.6 Å². The molecule has 2 aromatic rings. The molecule has 0 saturated heterocycles. The summed E-state index contributed by atoms with van der Waals surface area (Å²) < 4.78 is 27.6. The van der Waals surface area contributed by atoms with E-state index < -0.39 is 15.4 Å². The first-order valence-electron chi connectivity index (χ1n) is 8.00. The van der Waals surface area contributed by atoms with Crippen LogP contribution in [0.25, 0.3) is 0 Å². The Kier molecular flexibility index (Phi) is 5.23. The number of nitrogens with one attached hydrogen (secondary N) is 2. The minimum Gasteiger partial charge on any atom is -0.326 e. The molecule has 0 fully saturated rings. The Morgan fingerprint density at radius 3 is 1.88 bits per heavy atom. The molecule has 5 nitrogen and oxygen atoms in total. The van der Waals surface area contributed by atoms with Gasteiger partial charge in [-0.3, -0.25) is 9.52 Å². The van der Waals surface area contributed by atoms with Gasteiger partial charge in [-0.1, -0.05) is 26.8 Å². The number of benzene rings is 2. The maximum atomic E-state index is 12.5. The molecule has 0 aliphatic heterocycles. The molecule has 0 radical (unpaired) electrons. The normalized spacial score (nSPS) is 11.9. The van der Waals surface area contributed by atoms with E-state index in [-0.39, 0.29) is 10.8 Å². The zero-order valence-electron chi connectivity index (χ0n) is 15.2. The second-order valence-electron chi connectivity index (χ2n) is 7.21. The molecule has 0 aliphatic rings. The summed E-state index contributed by atoms with van der Waals surface area (Å²) in [7, 11) is -3.68. The standard InChI is InChI=1S/C19H24N2O3S/c1-13-10-14(2)12-16(11-13)21-25(23,24)17-8-6-15(7-9-17)20-18(22)19(3,4)5/h6-12,21H,1-5H3,(H,20,22). The van der Waals surface area contributed by atoms with E-state index in [0.29, 0.717) is 11.4 Å². The van der Waals surface area contributed by atoms with Crippen LogP contribution in [0.4, 0.5) is 11.4 Å². The number of amides is 1.